The largest absolute Gasteiger partial charge is 0.693 e. The van der Waals surface area contributed by atoms with Gasteiger partial charge in [-0.2, -0.15) is 31.4 Å². The Morgan fingerprint density at radius 1 is 1.04 bits per heavy atom. The molecule has 0 heterocycles. The third-order valence-electron chi connectivity index (χ3n) is 0.961. The van der Waals surface area contributed by atoms with Gasteiger partial charge in [0.2, 0.25) is 0 Å². The Morgan fingerprint density at radius 2 is 1.26 bits per heavy atom. The number of hydrogen-bond donors (Lipinski definition) is 0. The van der Waals surface area contributed by atoms with Gasteiger partial charge in [-0.15, -0.1) is 12.1 Å². The van der Waals surface area contributed by atoms with Crippen LogP contribution in [0.5, 0.6) is 0 Å². The van der Waals surface area contributed by atoms with Gasteiger partial charge >= 0.3 is 28.4 Å². The fourth-order valence-corrected chi connectivity index (χ4v) is 0.367. The molecular weight excluding hydrogens is 463 g/mol. The summed E-state index contributed by atoms with van der Waals surface area (Å²) in [6.45, 7) is -3.08. The number of hydrogen-bond acceptors (Lipinski definition) is 3. The minimum Gasteiger partial charge on any atom is -0.693 e. The van der Waals surface area contributed by atoms with Crippen LogP contribution in [0.3, 0.4) is 0 Å². The predicted molar refractivity (Wildman–Crippen MR) is 59.2 cm³/mol. The topological polar surface area (TPSA) is 124 Å². The zero-order chi connectivity index (χ0) is 17.7. The second kappa shape index (κ2) is 17.5. The van der Waals surface area contributed by atoms with Crippen molar-refractivity contribution in [3.05, 3.63) is 55.1 Å². The van der Waals surface area contributed by atoms with Gasteiger partial charge in [-0.05, 0) is 0 Å². The molecule has 0 spiro atoms. The Bertz CT molecular complexity index is 444. The fourth-order valence-electron chi connectivity index (χ4n) is 0.367. The van der Waals surface area contributed by atoms with Gasteiger partial charge in [-0.3, -0.25) is 0 Å². The van der Waals surface area contributed by atoms with Crippen LogP contribution in [-0.4, -0.2) is 18.5 Å². The van der Waals surface area contributed by atoms with Crippen LogP contribution in [0.1, 0.15) is 0 Å². The summed E-state index contributed by atoms with van der Waals surface area (Å²) in [5.74, 6) is -0.209. The number of halogens is 8. The van der Waals surface area contributed by atoms with E-state index in [1.807, 2.05) is 0 Å². The Kier molecular flexibility index (Phi) is 25.6. The molecule has 0 aliphatic heterocycles. The number of benzene rings is 1. The molecule has 1 aromatic carbocycles. The molecule has 0 unspecified atom stereocenters. The fraction of sp³-hybridized carbons (Fsp3) is 0.125. The van der Waals surface area contributed by atoms with E-state index in [9.17, 15) is 34.0 Å². The molecule has 4 N–H and O–H groups in total. The van der Waals surface area contributed by atoms with E-state index < -0.39 is 22.3 Å². The third kappa shape index (κ3) is 29.7. The van der Waals surface area contributed by atoms with Crippen molar-refractivity contribution in [2.45, 2.75) is 5.51 Å². The SMILES string of the molecule is F[C-](F)F.Fc1cc[c-]cc1.O=S(=O)([O-])C(F)(F)F.[F][Pd+].[NH2-].[NH2-]. The second-order valence-electron chi connectivity index (χ2n) is 2.33. The van der Waals surface area contributed by atoms with Gasteiger partial charge in [0.05, 0.1) is 0 Å². The van der Waals surface area contributed by atoms with Gasteiger partial charge in [0.15, 0.2) is 16.8 Å². The number of rotatable bonds is 0. The summed E-state index contributed by atoms with van der Waals surface area (Å²) in [7, 11) is -6.09. The van der Waals surface area contributed by atoms with Crippen molar-refractivity contribution in [2.75, 3.05) is 0 Å². The minimum absolute atomic E-state index is 0. The van der Waals surface area contributed by atoms with Gasteiger partial charge in [0.25, 0.3) is 0 Å². The molecule has 0 saturated carbocycles. The van der Waals surface area contributed by atoms with Crippen LogP contribution in [0, 0.1) is 18.6 Å². The van der Waals surface area contributed by atoms with Crippen LogP contribution in [0.15, 0.2) is 24.3 Å². The molecule has 5 nitrogen and oxygen atoms in total. The minimum atomic E-state index is -6.09. The molecule has 23 heavy (non-hydrogen) atoms. The van der Waals surface area contributed by atoms with Crippen LogP contribution in [-0.2, 0) is 29.8 Å². The third-order valence-corrected chi connectivity index (χ3v) is 1.53. The van der Waals surface area contributed by atoms with E-state index in [1.165, 1.54) is 44.0 Å². The molecule has 0 aliphatic rings. The molecule has 0 radical (unpaired) electrons. The first-order valence-corrected chi connectivity index (χ1v) is 5.96. The Balaban J connectivity index is -0.0000000666. The van der Waals surface area contributed by atoms with E-state index >= 15 is 0 Å². The molecule has 144 valence electrons. The van der Waals surface area contributed by atoms with Crippen molar-refractivity contribution in [2.24, 2.45) is 0 Å². The van der Waals surface area contributed by atoms with E-state index in [4.69, 9.17) is 13.0 Å². The van der Waals surface area contributed by atoms with E-state index in [2.05, 4.69) is 6.07 Å². The predicted octanol–water partition coefficient (Wildman–Crippen LogP) is 4.87. The Morgan fingerprint density at radius 3 is 1.35 bits per heavy atom. The van der Waals surface area contributed by atoms with Crippen molar-refractivity contribution in [1.82, 2.24) is 0 Å². The Labute approximate surface area is 138 Å². The summed E-state index contributed by atoms with van der Waals surface area (Å²) in [4.78, 5) is 0. The average Bonchev–Trinajstić information content (AvgIpc) is 2.30. The van der Waals surface area contributed by atoms with E-state index in [1.54, 1.807) is 0 Å². The van der Waals surface area contributed by atoms with Crippen LogP contribution in [0.4, 0.5) is 34.0 Å². The summed E-state index contributed by atoms with van der Waals surface area (Å²) < 4.78 is 109. The monoisotopic (exact) mass is 470 g/mol. The maximum Gasteiger partial charge on any atom is -0.693 e. The van der Waals surface area contributed by atoms with E-state index in [0.717, 1.165) is 0 Å². The smallest absolute Gasteiger partial charge is 0.693 e. The zero-order valence-corrected chi connectivity index (χ0v) is 12.8. The normalized spacial score (nSPS) is 9.39. The molecular formula is C8H8F8N2O3PdS-4. The first-order valence-electron chi connectivity index (χ1n) is 3.97. The van der Waals surface area contributed by atoms with Crippen LogP contribution in [0.2, 0.25) is 0 Å². The number of nitrogens with two attached hydrogens (primary N) is 2. The summed E-state index contributed by atoms with van der Waals surface area (Å²) in [5.41, 5.74) is -5.65. The molecule has 0 fully saturated rings. The van der Waals surface area contributed by atoms with Crippen molar-refractivity contribution in [1.29, 1.82) is 0 Å². The first kappa shape index (κ1) is 33.7. The zero-order valence-electron chi connectivity index (χ0n) is 10.4. The summed E-state index contributed by atoms with van der Waals surface area (Å²) in [5, 5.41) is 0. The molecule has 0 amide bonds. The summed E-state index contributed by atoms with van der Waals surface area (Å²) in [6.07, 6.45) is 0. The van der Waals surface area contributed by atoms with Crippen LogP contribution >= 0.6 is 0 Å². The molecule has 15 heteroatoms. The molecule has 1 rings (SSSR count). The van der Waals surface area contributed by atoms with Crippen molar-refractivity contribution >= 4 is 10.1 Å². The molecule has 0 aliphatic carbocycles. The van der Waals surface area contributed by atoms with Crippen molar-refractivity contribution in [3.63, 3.8) is 0 Å². The number of alkyl halides is 3. The van der Waals surface area contributed by atoms with Crippen LogP contribution in [0.25, 0.3) is 12.3 Å². The molecule has 1 aromatic rings. The quantitative estimate of drug-likeness (QED) is 0.176. The van der Waals surface area contributed by atoms with Gasteiger partial charge in [-0.25, -0.2) is 12.8 Å². The molecule has 0 atom stereocenters. The van der Waals surface area contributed by atoms with Gasteiger partial charge < -0.3 is 30.0 Å². The summed E-state index contributed by atoms with van der Waals surface area (Å²) >= 11 is 1.25. The van der Waals surface area contributed by atoms with E-state index in [-0.39, 0.29) is 18.1 Å². The maximum atomic E-state index is 11.9. The second-order valence-corrected chi connectivity index (χ2v) is 3.70. The first-order chi connectivity index (χ1) is 9.38. The van der Waals surface area contributed by atoms with E-state index in [0.29, 0.717) is 0 Å². The van der Waals surface area contributed by atoms with Gasteiger partial charge in [-0.1, -0.05) is 0 Å². The standard InChI is InChI=1S/C6H4F.CHF3O3S.CF3.FH.2H2N.Pd/c7-6-4-2-1-3-5-6;2-1(3,4)8(5,6)7;2-1(3)4;;;;/h2-5H;(H,5,6,7);;1H;2*1H2;/q-1;;-1;;2*-1;+2/p-2. The average molecular weight is 471 g/mol. The van der Waals surface area contributed by atoms with Crippen molar-refractivity contribution < 1.29 is 66.6 Å². The van der Waals surface area contributed by atoms with Crippen LogP contribution < -0.4 is 0 Å². The molecule has 0 saturated heterocycles. The van der Waals surface area contributed by atoms with Gasteiger partial charge in [0.1, 0.15) is 0 Å². The molecule has 0 bridgehead atoms. The molecule has 0 aromatic heterocycles. The Hall–Kier alpha value is -0.848. The summed E-state index contributed by atoms with van der Waals surface area (Å²) in [6, 6.07) is 8.49. The van der Waals surface area contributed by atoms with Gasteiger partial charge in [0, 0.05) is 5.82 Å². The maximum absolute atomic E-state index is 11.9. The van der Waals surface area contributed by atoms with Crippen molar-refractivity contribution in [3.8, 4) is 0 Å².